The molecular weight excluding hydrogens is 386 g/mol. The van der Waals surface area contributed by atoms with Crippen LogP contribution in [0, 0.1) is 0 Å². The van der Waals surface area contributed by atoms with Crippen molar-refractivity contribution in [2.24, 2.45) is 0 Å². The number of piperazine rings is 1. The van der Waals surface area contributed by atoms with E-state index < -0.39 is 0 Å². The molecule has 0 radical (unpaired) electrons. The highest BCUT2D eigenvalue weighted by Gasteiger charge is 2.40. The maximum Gasteiger partial charge on any atom is 0.277 e. The lowest BCUT2D eigenvalue weighted by molar-refractivity contribution is -0.135. The smallest absolute Gasteiger partial charge is 0.277 e. The van der Waals surface area contributed by atoms with Crippen molar-refractivity contribution < 1.29 is 19.1 Å². The van der Waals surface area contributed by atoms with Gasteiger partial charge in [-0.2, -0.15) is 0 Å². The van der Waals surface area contributed by atoms with Crippen molar-refractivity contribution >= 4 is 23.3 Å². The van der Waals surface area contributed by atoms with E-state index in [4.69, 9.17) is 9.47 Å². The van der Waals surface area contributed by atoms with Gasteiger partial charge >= 0.3 is 0 Å². The average Bonchev–Trinajstić information content (AvgIpc) is 3.03. The van der Waals surface area contributed by atoms with Gasteiger partial charge in [-0.15, -0.1) is 0 Å². The van der Waals surface area contributed by atoms with Gasteiger partial charge in [0, 0.05) is 45.6 Å². The van der Waals surface area contributed by atoms with Gasteiger partial charge in [-0.3, -0.25) is 14.5 Å². The standard InChI is InChI=1S/C21H23N5O4/c1-24-19(27)17(14-5-6-15(29-2)16(13-14)30-3)18(20(24)28)25-9-11-26(12-10-25)21-22-7-4-8-23-21/h4-8,13H,9-12H2,1-3H3. The predicted octanol–water partition coefficient (Wildman–Crippen LogP) is 1.03. The van der Waals surface area contributed by atoms with Crippen LogP contribution in [0.25, 0.3) is 5.57 Å². The number of likely N-dealkylation sites (N-methyl/N-ethyl adjacent to an activating group) is 1. The van der Waals surface area contributed by atoms with Crippen molar-refractivity contribution in [3.8, 4) is 11.5 Å². The predicted molar refractivity (Wildman–Crippen MR) is 110 cm³/mol. The van der Waals surface area contributed by atoms with Crippen LogP contribution in [-0.4, -0.2) is 79.0 Å². The number of anilines is 1. The summed E-state index contributed by atoms with van der Waals surface area (Å²) in [6, 6.07) is 7.01. The Bertz CT molecular complexity index is 1000. The second-order valence-electron chi connectivity index (χ2n) is 6.99. The molecule has 4 rings (SSSR count). The number of benzene rings is 1. The highest BCUT2D eigenvalue weighted by molar-refractivity contribution is 6.35. The van der Waals surface area contributed by atoms with Crippen LogP contribution < -0.4 is 14.4 Å². The summed E-state index contributed by atoms with van der Waals surface area (Å²) in [4.78, 5) is 39.6. The fourth-order valence-electron chi connectivity index (χ4n) is 3.76. The van der Waals surface area contributed by atoms with Crippen molar-refractivity contribution in [3.05, 3.63) is 47.9 Å². The van der Waals surface area contributed by atoms with Crippen LogP contribution >= 0.6 is 0 Å². The van der Waals surface area contributed by atoms with E-state index in [2.05, 4.69) is 14.9 Å². The highest BCUT2D eigenvalue weighted by atomic mass is 16.5. The Kier molecular flexibility index (Phi) is 5.26. The minimum atomic E-state index is -0.323. The molecule has 1 saturated heterocycles. The fourth-order valence-corrected chi connectivity index (χ4v) is 3.76. The minimum Gasteiger partial charge on any atom is -0.493 e. The Labute approximate surface area is 174 Å². The van der Waals surface area contributed by atoms with Crippen LogP contribution in [0.15, 0.2) is 42.4 Å². The molecular formula is C21H23N5O4. The van der Waals surface area contributed by atoms with Gasteiger partial charge in [0.2, 0.25) is 5.95 Å². The van der Waals surface area contributed by atoms with E-state index in [0.29, 0.717) is 60.5 Å². The molecule has 1 aromatic carbocycles. The third kappa shape index (κ3) is 3.32. The number of carbonyl (C=O) groups is 2. The first kappa shape index (κ1) is 19.7. The normalized spacial score (nSPS) is 17.1. The Hall–Kier alpha value is -3.62. The van der Waals surface area contributed by atoms with Gasteiger partial charge in [0.15, 0.2) is 11.5 Å². The summed E-state index contributed by atoms with van der Waals surface area (Å²) in [5, 5.41) is 0. The first-order chi connectivity index (χ1) is 14.5. The maximum atomic E-state index is 12.9. The largest absolute Gasteiger partial charge is 0.493 e. The topological polar surface area (TPSA) is 88.1 Å². The number of nitrogens with zero attached hydrogens (tertiary/aromatic N) is 5. The molecule has 0 bridgehead atoms. The lowest BCUT2D eigenvalue weighted by atomic mass is 10.0. The molecule has 0 atom stereocenters. The molecule has 2 amide bonds. The molecule has 0 N–H and O–H groups in total. The molecule has 1 fully saturated rings. The highest BCUT2D eigenvalue weighted by Crippen LogP contribution is 2.36. The number of ether oxygens (including phenoxy) is 2. The Morgan fingerprint density at radius 1 is 0.867 bits per heavy atom. The van der Waals surface area contributed by atoms with E-state index in [0.717, 1.165) is 4.90 Å². The number of rotatable bonds is 5. The molecule has 156 valence electrons. The van der Waals surface area contributed by atoms with E-state index >= 15 is 0 Å². The van der Waals surface area contributed by atoms with Gasteiger partial charge in [-0.25, -0.2) is 9.97 Å². The van der Waals surface area contributed by atoms with Crippen molar-refractivity contribution in [2.75, 3.05) is 52.3 Å². The number of carbonyl (C=O) groups excluding carboxylic acids is 2. The Balaban J connectivity index is 1.66. The van der Waals surface area contributed by atoms with E-state index in [1.54, 1.807) is 43.8 Å². The quantitative estimate of drug-likeness (QED) is 0.677. The van der Waals surface area contributed by atoms with Crippen LogP contribution in [0.5, 0.6) is 11.5 Å². The summed E-state index contributed by atoms with van der Waals surface area (Å²) in [6.45, 7) is 2.46. The zero-order valence-electron chi connectivity index (χ0n) is 17.2. The second-order valence-corrected chi connectivity index (χ2v) is 6.99. The summed E-state index contributed by atoms with van der Waals surface area (Å²) in [5.41, 5.74) is 1.43. The SMILES string of the molecule is COc1ccc(C2=C(N3CCN(c4ncccn4)CC3)C(=O)N(C)C2=O)cc1OC. The summed E-state index contributed by atoms with van der Waals surface area (Å²) in [5.74, 6) is 1.11. The minimum absolute atomic E-state index is 0.297. The maximum absolute atomic E-state index is 12.9. The Morgan fingerprint density at radius 2 is 1.50 bits per heavy atom. The zero-order chi connectivity index (χ0) is 21.3. The molecule has 30 heavy (non-hydrogen) atoms. The molecule has 0 unspecified atom stereocenters. The zero-order valence-corrected chi connectivity index (χ0v) is 17.2. The molecule has 2 aliphatic heterocycles. The van der Waals surface area contributed by atoms with E-state index in [-0.39, 0.29) is 11.8 Å². The number of hydrogen-bond donors (Lipinski definition) is 0. The van der Waals surface area contributed by atoms with E-state index in [1.165, 1.54) is 14.2 Å². The molecule has 9 heteroatoms. The molecule has 2 aromatic rings. The fraction of sp³-hybridized carbons (Fsp3) is 0.333. The lowest BCUT2D eigenvalue weighted by Crippen LogP contribution is -2.48. The lowest BCUT2D eigenvalue weighted by Gasteiger charge is -2.36. The van der Waals surface area contributed by atoms with Crippen LogP contribution in [0.1, 0.15) is 5.56 Å². The van der Waals surface area contributed by atoms with Crippen molar-refractivity contribution in [3.63, 3.8) is 0 Å². The first-order valence-corrected chi connectivity index (χ1v) is 9.61. The molecule has 0 saturated carbocycles. The molecule has 1 aromatic heterocycles. The van der Waals surface area contributed by atoms with Gasteiger partial charge in [0.05, 0.1) is 19.8 Å². The van der Waals surface area contributed by atoms with E-state index in [1.807, 2.05) is 4.90 Å². The van der Waals surface area contributed by atoms with Gasteiger partial charge in [-0.05, 0) is 23.8 Å². The van der Waals surface area contributed by atoms with Crippen LogP contribution in [-0.2, 0) is 9.59 Å². The monoisotopic (exact) mass is 409 g/mol. The van der Waals surface area contributed by atoms with E-state index in [9.17, 15) is 9.59 Å². The first-order valence-electron chi connectivity index (χ1n) is 9.61. The third-order valence-corrected chi connectivity index (χ3v) is 5.37. The van der Waals surface area contributed by atoms with Gasteiger partial charge in [0.25, 0.3) is 11.8 Å². The molecule has 0 spiro atoms. The van der Waals surface area contributed by atoms with Crippen molar-refractivity contribution in [1.29, 1.82) is 0 Å². The number of amides is 2. The van der Waals surface area contributed by atoms with Gasteiger partial charge < -0.3 is 19.3 Å². The molecule has 3 heterocycles. The summed E-state index contributed by atoms with van der Waals surface area (Å²) in [6.07, 6.45) is 3.42. The number of aromatic nitrogens is 2. The number of hydrogen-bond acceptors (Lipinski definition) is 8. The van der Waals surface area contributed by atoms with Crippen LogP contribution in [0.2, 0.25) is 0 Å². The number of imide groups is 1. The second kappa shape index (κ2) is 8.02. The van der Waals surface area contributed by atoms with Gasteiger partial charge in [0.1, 0.15) is 5.70 Å². The summed E-state index contributed by atoms with van der Waals surface area (Å²) >= 11 is 0. The Morgan fingerprint density at radius 3 is 2.13 bits per heavy atom. The molecule has 9 nitrogen and oxygen atoms in total. The number of methoxy groups -OCH3 is 2. The third-order valence-electron chi connectivity index (χ3n) is 5.37. The molecule has 2 aliphatic rings. The van der Waals surface area contributed by atoms with Crippen LogP contribution in [0.3, 0.4) is 0 Å². The van der Waals surface area contributed by atoms with Crippen molar-refractivity contribution in [2.45, 2.75) is 0 Å². The summed E-state index contributed by atoms with van der Waals surface area (Å²) < 4.78 is 10.7. The molecule has 0 aliphatic carbocycles. The van der Waals surface area contributed by atoms with Crippen molar-refractivity contribution in [1.82, 2.24) is 19.8 Å². The summed E-state index contributed by atoms with van der Waals surface area (Å²) in [7, 11) is 4.60. The van der Waals surface area contributed by atoms with Crippen LogP contribution in [0.4, 0.5) is 5.95 Å². The average molecular weight is 409 g/mol. The van der Waals surface area contributed by atoms with Gasteiger partial charge in [-0.1, -0.05) is 6.07 Å².